The van der Waals surface area contributed by atoms with E-state index >= 15 is 0 Å². The largest absolute Gasteiger partial charge is 0.393 e. The van der Waals surface area contributed by atoms with Crippen molar-refractivity contribution in [3.05, 3.63) is 22.4 Å². The molecule has 0 radical (unpaired) electrons. The van der Waals surface area contributed by atoms with Crippen LogP contribution in [0.1, 0.15) is 33.6 Å². The van der Waals surface area contributed by atoms with E-state index in [0.29, 0.717) is 0 Å². The van der Waals surface area contributed by atoms with E-state index < -0.39 is 4.92 Å². The molecule has 0 amide bonds. The van der Waals surface area contributed by atoms with Gasteiger partial charge in [-0.05, 0) is 45.5 Å². The summed E-state index contributed by atoms with van der Waals surface area (Å²) in [6, 6.07) is 1.54. The van der Waals surface area contributed by atoms with Crippen molar-refractivity contribution >= 4 is 17.2 Å². The molecule has 0 unspecified atom stereocenters. The molecule has 1 aromatic rings. The molecule has 0 saturated carbocycles. The van der Waals surface area contributed by atoms with E-state index in [0.717, 1.165) is 32.5 Å². The number of nitrogens with two attached hydrogens (primary N) is 1. The SMILES string of the molecule is CCN(CC)CCC[C@H](C)Nc1nccc(N)c1[N+](=O)[O-]. The van der Waals surface area contributed by atoms with Crippen LogP contribution in [0.5, 0.6) is 0 Å². The lowest BCUT2D eigenvalue weighted by molar-refractivity contribution is -0.383. The number of nitrogens with one attached hydrogen (secondary N) is 1. The summed E-state index contributed by atoms with van der Waals surface area (Å²) in [5.74, 6) is 0.246. The molecule has 0 spiro atoms. The molecule has 1 atom stereocenters. The predicted octanol–water partition coefficient (Wildman–Crippen LogP) is 2.49. The standard InChI is InChI=1S/C14H25N5O2/c1-4-18(5-2)10-6-7-11(3)17-14-13(19(20)21)12(15)8-9-16-14/h8-9,11H,4-7,10H2,1-3H3,(H3,15,16,17)/t11-/m0/s1. The van der Waals surface area contributed by atoms with E-state index in [9.17, 15) is 10.1 Å². The van der Waals surface area contributed by atoms with E-state index in [4.69, 9.17) is 5.73 Å². The van der Waals surface area contributed by atoms with Crippen LogP contribution in [0.2, 0.25) is 0 Å². The van der Waals surface area contributed by atoms with Crippen LogP contribution in [0.4, 0.5) is 17.2 Å². The molecule has 3 N–H and O–H groups in total. The van der Waals surface area contributed by atoms with Crippen LogP contribution in [-0.2, 0) is 0 Å². The van der Waals surface area contributed by atoms with E-state index in [1.54, 1.807) is 0 Å². The Morgan fingerprint density at radius 1 is 1.48 bits per heavy atom. The third-order valence-corrected chi connectivity index (χ3v) is 3.53. The molecule has 0 aromatic carbocycles. The van der Waals surface area contributed by atoms with Crippen LogP contribution >= 0.6 is 0 Å². The molecule has 0 fully saturated rings. The zero-order chi connectivity index (χ0) is 15.8. The number of hydrogen-bond acceptors (Lipinski definition) is 6. The molecule has 7 nitrogen and oxygen atoms in total. The van der Waals surface area contributed by atoms with Crippen LogP contribution in [0, 0.1) is 10.1 Å². The fourth-order valence-electron chi connectivity index (χ4n) is 2.23. The fourth-order valence-corrected chi connectivity index (χ4v) is 2.23. The van der Waals surface area contributed by atoms with Crippen molar-refractivity contribution in [1.29, 1.82) is 0 Å². The predicted molar refractivity (Wildman–Crippen MR) is 85.4 cm³/mol. The Morgan fingerprint density at radius 3 is 2.71 bits per heavy atom. The Balaban J connectivity index is 2.57. The summed E-state index contributed by atoms with van der Waals surface area (Å²) in [6.45, 7) is 9.40. The molecule has 118 valence electrons. The molecule has 1 rings (SSSR count). The van der Waals surface area contributed by atoms with Crippen LogP contribution in [0.3, 0.4) is 0 Å². The average molecular weight is 295 g/mol. The van der Waals surface area contributed by atoms with Gasteiger partial charge in [0.2, 0.25) is 5.82 Å². The van der Waals surface area contributed by atoms with Gasteiger partial charge >= 0.3 is 5.69 Å². The van der Waals surface area contributed by atoms with Gasteiger partial charge in [0.15, 0.2) is 0 Å². The van der Waals surface area contributed by atoms with Crippen molar-refractivity contribution in [3.8, 4) is 0 Å². The van der Waals surface area contributed by atoms with Crippen molar-refractivity contribution in [3.63, 3.8) is 0 Å². The zero-order valence-corrected chi connectivity index (χ0v) is 13.0. The first-order valence-electron chi connectivity index (χ1n) is 7.37. The molecule has 0 aliphatic rings. The third kappa shape index (κ3) is 5.18. The number of rotatable bonds is 9. The minimum atomic E-state index is -0.493. The van der Waals surface area contributed by atoms with E-state index in [-0.39, 0.29) is 23.2 Å². The average Bonchev–Trinajstić information content (AvgIpc) is 2.43. The second-order valence-corrected chi connectivity index (χ2v) is 5.07. The zero-order valence-electron chi connectivity index (χ0n) is 13.0. The summed E-state index contributed by atoms with van der Waals surface area (Å²) >= 11 is 0. The maximum absolute atomic E-state index is 11.0. The van der Waals surface area contributed by atoms with Gasteiger partial charge in [0.1, 0.15) is 5.69 Å². The van der Waals surface area contributed by atoms with Crippen molar-refractivity contribution in [1.82, 2.24) is 9.88 Å². The minimum Gasteiger partial charge on any atom is -0.393 e. The quantitative estimate of drug-likeness (QED) is 0.536. The molecular formula is C14H25N5O2. The number of hydrogen-bond donors (Lipinski definition) is 2. The van der Waals surface area contributed by atoms with Crippen LogP contribution < -0.4 is 11.1 Å². The number of nitrogen functional groups attached to an aromatic ring is 1. The summed E-state index contributed by atoms with van der Waals surface area (Å²) in [4.78, 5) is 16.9. The topological polar surface area (TPSA) is 97.3 Å². The summed E-state index contributed by atoms with van der Waals surface area (Å²) in [5, 5.41) is 14.1. The van der Waals surface area contributed by atoms with E-state index in [2.05, 4.69) is 29.0 Å². The highest BCUT2D eigenvalue weighted by Crippen LogP contribution is 2.28. The number of anilines is 2. The first-order valence-corrected chi connectivity index (χ1v) is 7.37. The number of nitro groups is 1. The van der Waals surface area contributed by atoms with Gasteiger partial charge in [0, 0.05) is 12.2 Å². The van der Waals surface area contributed by atoms with Gasteiger partial charge in [-0.25, -0.2) is 4.98 Å². The van der Waals surface area contributed by atoms with Crippen molar-refractivity contribution < 1.29 is 4.92 Å². The lowest BCUT2D eigenvalue weighted by Crippen LogP contribution is -2.26. The normalized spacial score (nSPS) is 12.4. The molecule has 0 bridgehead atoms. The first-order chi connectivity index (χ1) is 9.99. The summed E-state index contributed by atoms with van der Waals surface area (Å²) < 4.78 is 0. The second kappa shape index (κ2) is 8.41. The highest BCUT2D eigenvalue weighted by molar-refractivity contribution is 5.70. The molecule has 0 aliphatic heterocycles. The highest BCUT2D eigenvalue weighted by atomic mass is 16.6. The summed E-state index contributed by atoms with van der Waals surface area (Å²) in [5.41, 5.74) is 5.63. The van der Waals surface area contributed by atoms with Gasteiger partial charge in [-0.2, -0.15) is 0 Å². The van der Waals surface area contributed by atoms with Gasteiger partial charge in [0.25, 0.3) is 0 Å². The maximum Gasteiger partial charge on any atom is 0.333 e. The molecule has 21 heavy (non-hydrogen) atoms. The lowest BCUT2D eigenvalue weighted by Gasteiger charge is -2.20. The van der Waals surface area contributed by atoms with Crippen molar-refractivity contribution in [2.75, 3.05) is 30.7 Å². The summed E-state index contributed by atoms with van der Waals surface area (Å²) in [7, 11) is 0. The Kier molecular flexibility index (Phi) is 6.87. The van der Waals surface area contributed by atoms with Crippen molar-refractivity contribution in [2.45, 2.75) is 39.7 Å². The number of pyridine rings is 1. The maximum atomic E-state index is 11.0. The number of aromatic nitrogens is 1. The molecule has 7 heteroatoms. The first kappa shape index (κ1) is 17.2. The third-order valence-electron chi connectivity index (χ3n) is 3.53. The Morgan fingerprint density at radius 2 is 2.14 bits per heavy atom. The van der Waals surface area contributed by atoms with Crippen LogP contribution in [0.25, 0.3) is 0 Å². The molecule has 0 saturated heterocycles. The minimum absolute atomic E-state index is 0.105. The Bertz CT molecular complexity index is 463. The molecule has 1 heterocycles. The van der Waals surface area contributed by atoms with Gasteiger partial charge in [-0.3, -0.25) is 10.1 Å². The Hall–Kier alpha value is -1.89. The van der Waals surface area contributed by atoms with Crippen molar-refractivity contribution in [2.24, 2.45) is 0 Å². The highest BCUT2D eigenvalue weighted by Gasteiger charge is 2.20. The van der Waals surface area contributed by atoms with Gasteiger partial charge in [0.05, 0.1) is 4.92 Å². The van der Waals surface area contributed by atoms with Crippen LogP contribution in [-0.4, -0.2) is 40.5 Å². The molecular weight excluding hydrogens is 270 g/mol. The van der Waals surface area contributed by atoms with E-state index in [1.165, 1.54) is 12.3 Å². The smallest absolute Gasteiger partial charge is 0.333 e. The molecule has 0 aliphatic carbocycles. The van der Waals surface area contributed by atoms with Gasteiger partial charge < -0.3 is 16.0 Å². The van der Waals surface area contributed by atoms with Gasteiger partial charge in [-0.1, -0.05) is 13.8 Å². The fraction of sp³-hybridized carbons (Fsp3) is 0.643. The van der Waals surface area contributed by atoms with Gasteiger partial charge in [-0.15, -0.1) is 0 Å². The Labute approximate surface area is 125 Å². The van der Waals surface area contributed by atoms with Crippen LogP contribution in [0.15, 0.2) is 12.3 Å². The molecule has 1 aromatic heterocycles. The summed E-state index contributed by atoms with van der Waals surface area (Å²) in [6.07, 6.45) is 3.43. The van der Waals surface area contributed by atoms with E-state index in [1.807, 2.05) is 6.92 Å². The monoisotopic (exact) mass is 295 g/mol. The second-order valence-electron chi connectivity index (χ2n) is 5.07. The lowest BCUT2D eigenvalue weighted by atomic mass is 10.1. The number of nitrogens with zero attached hydrogens (tertiary/aromatic N) is 3.